The summed E-state index contributed by atoms with van der Waals surface area (Å²) in [7, 11) is 1.67. The van der Waals surface area contributed by atoms with Gasteiger partial charge in [0.05, 0.1) is 12.8 Å². The highest BCUT2D eigenvalue weighted by Gasteiger charge is 2.22. The van der Waals surface area contributed by atoms with Crippen LogP contribution in [0.15, 0.2) is 17.3 Å². The fraction of sp³-hybridized carbons (Fsp3) is 0.364. The minimum absolute atomic E-state index is 0.766. The van der Waals surface area contributed by atoms with Crippen molar-refractivity contribution in [2.24, 2.45) is 5.16 Å². The second-order valence-corrected chi connectivity index (χ2v) is 3.54. The monoisotopic (exact) mass is 191 g/mol. The first-order chi connectivity index (χ1) is 6.76. The van der Waals surface area contributed by atoms with Crippen LogP contribution in [0.2, 0.25) is 0 Å². The number of nitrogens with zero attached hydrogens (tertiary/aromatic N) is 1. The van der Waals surface area contributed by atoms with E-state index in [1.54, 1.807) is 7.11 Å². The third-order valence-electron chi connectivity index (χ3n) is 2.62. The molecule has 0 aliphatic heterocycles. The second-order valence-electron chi connectivity index (χ2n) is 3.54. The summed E-state index contributed by atoms with van der Waals surface area (Å²) in [4.78, 5) is 0. The van der Waals surface area contributed by atoms with Crippen molar-refractivity contribution in [1.29, 1.82) is 0 Å². The first kappa shape index (κ1) is 9.06. The molecule has 0 aromatic heterocycles. The van der Waals surface area contributed by atoms with Gasteiger partial charge in [-0.25, -0.2) is 0 Å². The van der Waals surface area contributed by atoms with Crippen LogP contribution in [0.4, 0.5) is 0 Å². The molecule has 0 saturated heterocycles. The van der Waals surface area contributed by atoms with Crippen molar-refractivity contribution in [3.05, 3.63) is 28.8 Å². The van der Waals surface area contributed by atoms with E-state index >= 15 is 0 Å². The van der Waals surface area contributed by atoms with Crippen molar-refractivity contribution in [2.45, 2.75) is 19.8 Å². The summed E-state index contributed by atoms with van der Waals surface area (Å²) in [6.45, 7) is 2.01. The molecule has 1 N–H and O–H groups in total. The van der Waals surface area contributed by atoms with Crippen LogP contribution in [-0.4, -0.2) is 18.0 Å². The van der Waals surface area contributed by atoms with Gasteiger partial charge in [0.2, 0.25) is 0 Å². The summed E-state index contributed by atoms with van der Waals surface area (Å²) < 4.78 is 5.29. The van der Waals surface area contributed by atoms with Crippen LogP contribution >= 0.6 is 0 Å². The highest BCUT2D eigenvalue weighted by molar-refractivity contribution is 6.05. The maximum Gasteiger partial charge on any atom is 0.122 e. The number of oxime groups is 1. The van der Waals surface area contributed by atoms with Crippen LogP contribution in [0.25, 0.3) is 0 Å². The Morgan fingerprint density at radius 2 is 2.14 bits per heavy atom. The molecular formula is C11H13NO2. The van der Waals surface area contributed by atoms with Crippen molar-refractivity contribution in [3.8, 4) is 5.75 Å². The van der Waals surface area contributed by atoms with Crippen molar-refractivity contribution in [3.63, 3.8) is 0 Å². The molecule has 0 radical (unpaired) electrons. The zero-order valence-corrected chi connectivity index (χ0v) is 8.37. The molecule has 0 saturated carbocycles. The zero-order chi connectivity index (χ0) is 10.1. The van der Waals surface area contributed by atoms with Crippen LogP contribution in [0.5, 0.6) is 5.75 Å². The lowest BCUT2D eigenvalue weighted by atomic mass is 10.1. The number of hydrogen-bond donors (Lipinski definition) is 1. The second kappa shape index (κ2) is 3.33. The molecule has 0 unspecified atom stereocenters. The number of methoxy groups -OCH3 is 1. The Balaban J connectivity index is 2.61. The number of hydrogen-bond acceptors (Lipinski definition) is 3. The Bertz CT molecular complexity index is 397. The van der Waals surface area contributed by atoms with E-state index in [0.717, 1.165) is 41.0 Å². The van der Waals surface area contributed by atoms with E-state index in [-0.39, 0.29) is 0 Å². The van der Waals surface area contributed by atoms with Gasteiger partial charge in [-0.3, -0.25) is 0 Å². The summed E-state index contributed by atoms with van der Waals surface area (Å²) in [6.07, 6.45) is 1.70. The molecule has 1 aromatic rings. The normalized spacial score (nSPS) is 17.1. The van der Waals surface area contributed by atoms with E-state index in [1.165, 1.54) is 0 Å². The molecule has 0 amide bonds. The smallest absolute Gasteiger partial charge is 0.122 e. The average Bonchev–Trinajstić information content (AvgIpc) is 2.59. The molecule has 1 aromatic carbocycles. The molecule has 3 heteroatoms. The molecule has 2 rings (SSSR count). The van der Waals surface area contributed by atoms with Crippen molar-refractivity contribution >= 4 is 5.71 Å². The zero-order valence-electron chi connectivity index (χ0n) is 8.37. The van der Waals surface area contributed by atoms with E-state index in [1.807, 2.05) is 19.1 Å². The Labute approximate surface area is 83.0 Å². The molecule has 14 heavy (non-hydrogen) atoms. The molecule has 74 valence electrons. The first-order valence-electron chi connectivity index (χ1n) is 4.65. The largest absolute Gasteiger partial charge is 0.496 e. The standard InChI is InChI=1S/C11H13NO2/c1-7-5-9-8(11(6-7)14-2)3-4-10(9)12-13/h5-6,13H,3-4H2,1-2H3/b12-10-. The molecule has 0 bridgehead atoms. The van der Waals surface area contributed by atoms with Gasteiger partial charge in [0.1, 0.15) is 5.75 Å². The van der Waals surface area contributed by atoms with Gasteiger partial charge >= 0.3 is 0 Å². The van der Waals surface area contributed by atoms with E-state index in [2.05, 4.69) is 5.16 Å². The summed E-state index contributed by atoms with van der Waals surface area (Å²) >= 11 is 0. The van der Waals surface area contributed by atoms with Crippen LogP contribution < -0.4 is 4.74 Å². The third kappa shape index (κ3) is 1.25. The molecule has 1 aliphatic rings. The lowest BCUT2D eigenvalue weighted by Gasteiger charge is -2.07. The van der Waals surface area contributed by atoms with Gasteiger partial charge in [0.15, 0.2) is 0 Å². The van der Waals surface area contributed by atoms with Crippen LogP contribution in [-0.2, 0) is 6.42 Å². The van der Waals surface area contributed by atoms with Gasteiger partial charge in [-0.2, -0.15) is 0 Å². The maximum absolute atomic E-state index is 8.81. The van der Waals surface area contributed by atoms with E-state index in [9.17, 15) is 0 Å². The van der Waals surface area contributed by atoms with Gasteiger partial charge in [0.25, 0.3) is 0 Å². The molecule has 0 fully saturated rings. The number of benzene rings is 1. The Kier molecular flexibility index (Phi) is 2.15. The molecule has 0 heterocycles. The highest BCUT2D eigenvalue weighted by Crippen LogP contribution is 2.32. The summed E-state index contributed by atoms with van der Waals surface area (Å²) in [5.74, 6) is 0.902. The van der Waals surface area contributed by atoms with Crippen LogP contribution in [0.1, 0.15) is 23.1 Å². The average molecular weight is 191 g/mol. The summed E-state index contributed by atoms with van der Waals surface area (Å²) in [6, 6.07) is 4.05. The molecule has 3 nitrogen and oxygen atoms in total. The predicted molar refractivity (Wildman–Crippen MR) is 54.4 cm³/mol. The molecular weight excluding hydrogens is 178 g/mol. The lowest BCUT2D eigenvalue weighted by molar-refractivity contribution is 0.318. The van der Waals surface area contributed by atoms with Crippen LogP contribution in [0.3, 0.4) is 0 Å². The first-order valence-corrected chi connectivity index (χ1v) is 4.65. The fourth-order valence-electron chi connectivity index (χ4n) is 1.96. The number of ether oxygens (including phenoxy) is 1. The van der Waals surface area contributed by atoms with E-state index in [0.29, 0.717) is 0 Å². The minimum Gasteiger partial charge on any atom is -0.496 e. The van der Waals surface area contributed by atoms with Gasteiger partial charge in [0, 0.05) is 11.1 Å². The topological polar surface area (TPSA) is 41.8 Å². The number of rotatable bonds is 1. The lowest BCUT2D eigenvalue weighted by Crippen LogP contribution is -1.96. The Hall–Kier alpha value is -1.51. The molecule has 0 spiro atoms. The van der Waals surface area contributed by atoms with Gasteiger partial charge in [-0.15, -0.1) is 0 Å². The van der Waals surface area contributed by atoms with Gasteiger partial charge in [-0.05, 0) is 37.5 Å². The predicted octanol–water partition coefficient (Wildman–Crippen LogP) is 2.13. The minimum atomic E-state index is 0.766. The number of fused-ring (bicyclic) bond motifs is 1. The highest BCUT2D eigenvalue weighted by atomic mass is 16.5. The van der Waals surface area contributed by atoms with E-state index < -0.39 is 0 Å². The van der Waals surface area contributed by atoms with Crippen molar-refractivity contribution < 1.29 is 9.94 Å². The summed E-state index contributed by atoms with van der Waals surface area (Å²) in [5.41, 5.74) is 4.08. The Morgan fingerprint density at radius 3 is 2.79 bits per heavy atom. The van der Waals surface area contributed by atoms with Gasteiger partial charge < -0.3 is 9.94 Å². The van der Waals surface area contributed by atoms with E-state index in [4.69, 9.17) is 9.94 Å². The molecule has 0 atom stereocenters. The summed E-state index contributed by atoms with van der Waals surface area (Å²) in [5, 5.41) is 12.1. The third-order valence-corrected chi connectivity index (χ3v) is 2.62. The fourth-order valence-corrected chi connectivity index (χ4v) is 1.96. The maximum atomic E-state index is 8.81. The van der Waals surface area contributed by atoms with Crippen molar-refractivity contribution in [1.82, 2.24) is 0 Å². The quantitative estimate of drug-likeness (QED) is 0.545. The number of aryl methyl sites for hydroxylation is 1. The Morgan fingerprint density at radius 1 is 1.36 bits per heavy atom. The van der Waals surface area contributed by atoms with Crippen LogP contribution in [0, 0.1) is 6.92 Å². The van der Waals surface area contributed by atoms with Crippen molar-refractivity contribution in [2.75, 3.05) is 7.11 Å². The molecule has 1 aliphatic carbocycles. The SMILES string of the molecule is COc1cc(C)cc2c1CC/C2=N/O. The van der Waals surface area contributed by atoms with Gasteiger partial charge in [-0.1, -0.05) is 5.16 Å².